The van der Waals surface area contributed by atoms with Gasteiger partial charge in [0, 0.05) is 85.5 Å². The van der Waals surface area contributed by atoms with E-state index in [1.807, 2.05) is 13.1 Å². The molecule has 2 aliphatic rings. The van der Waals surface area contributed by atoms with E-state index in [9.17, 15) is 0 Å². The molecule has 2 saturated heterocycles. The number of guanidine groups is 1. The number of methoxy groups -OCH3 is 1. The van der Waals surface area contributed by atoms with Crippen LogP contribution in [-0.4, -0.2) is 86.6 Å². The topological polar surface area (TPSA) is 75.4 Å². The van der Waals surface area contributed by atoms with Crippen molar-refractivity contribution in [1.82, 2.24) is 20.3 Å². The fraction of sp³-hybridized carbons (Fsp3) is 0.765. The molecule has 8 heteroatoms. The molecule has 0 saturated carbocycles. The van der Waals surface area contributed by atoms with Crippen LogP contribution in [0.15, 0.2) is 21.8 Å². The van der Waals surface area contributed by atoms with Gasteiger partial charge in [-0.25, -0.2) is 0 Å². The third-order valence-corrected chi connectivity index (χ3v) is 5.17. The molecule has 140 valence electrons. The molecule has 0 atom stereocenters. The van der Waals surface area contributed by atoms with Gasteiger partial charge in [0.25, 0.3) is 0 Å². The van der Waals surface area contributed by atoms with Gasteiger partial charge in [-0.1, -0.05) is 5.16 Å². The van der Waals surface area contributed by atoms with Gasteiger partial charge in [-0.15, -0.1) is 0 Å². The molecule has 1 N–H and O–H groups in total. The number of nitrogens with zero attached hydrogens (tertiary/aromatic N) is 4. The van der Waals surface area contributed by atoms with Crippen LogP contribution in [0.4, 0.5) is 0 Å². The molecule has 0 aliphatic carbocycles. The number of piperazine rings is 1. The summed E-state index contributed by atoms with van der Waals surface area (Å²) in [5.41, 5.74) is 0.834. The van der Waals surface area contributed by atoms with Crippen molar-refractivity contribution in [1.29, 1.82) is 0 Å². The van der Waals surface area contributed by atoms with E-state index < -0.39 is 0 Å². The van der Waals surface area contributed by atoms with E-state index in [4.69, 9.17) is 14.0 Å². The van der Waals surface area contributed by atoms with E-state index >= 15 is 0 Å². The van der Waals surface area contributed by atoms with Crippen molar-refractivity contribution in [3.8, 4) is 0 Å². The summed E-state index contributed by atoms with van der Waals surface area (Å²) in [6.07, 6.45) is 3.46. The molecule has 2 aliphatic heterocycles. The quantitative estimate of drug-likeness (QED) is 0.614. The number of aromatic nitrogens is 1. The van der Waals surface area contributed by atoms with E-state index in [0.717, 1.165) is 77.0 Å². The summed E-state index contributed by atoms with van der Waals surface area (Å²) in [7, 11) is 3.63. The predicted molar refractivity (Wildman–Crippen MR) is 94.5 cm³/mol. The second-order valence-electron chi connectivity index (χ2n) is 6.65. The summed E-state index contributed by atoms with van der Waals surface area (Å²) in [5.74, 6) is 0.948. The molecular formula is C17H29N5O3. The SMILES string of the molecule is CN=C(NCC1(OC)CCOCC1)N1CCN(Cc2ccon2)CC1. The minimum atomic E-state index is -0.150. The highest BCUT2D eigenvalue weighted by Crippen LogP contribution is 2.23. The lowest BCUT2D eigenvalue weighted by Crippen LogP contribution is -2.55. The van der Waals surface area contributed by atoms with Gasteiger partial charge >= 0.3 is 0 Å². The highest BCUT2D eigenvalue weighted by atomic mass is 16.5. The Bertz CT molecular complexity index is 534. The van der Waals surface area contributed by atoms with Crippen molar-refractivity contribution >= 4 is 5.96 Å². The molecule has 3 rings (SSSR count). The maximum Gasteiger partial charge on any atom is 0.193 e. The molecule has 0 aromatic carbocycles. The van der Waals surface area contributed by atoms with Crippen molar-refractivity contribution in [2.45, 2.75) is 25.0 Å². The lowest BCUT2D eigenvalue weighted by atomic mass is 9.94. The van der Waals surface area contributed by atoms with Crippen LogP contribution in [0.25, 0.3) is 0 Å². The summed E-state index contributed by atoms with van der Waals surface area (Å²) in [4.78, 5) is 9.15. The molecular weight excluding hydrogens is 322 g/mol. The molecule has 1 aromatic rings. The van der Waals surface area contributed by atoms with E-state index in [1.165, 1.54) is 0 Å². The summed E-state index contributed by atoms with van der Waals surface area (Å²) >= 11 is 0. The first-order chi connectivity index (χ1) is 12.2. The lowest BCUT2D eigenvalue weighted by molar-refractivity contribution is -0.0858. The van der Waals surface area contributed by atoms with Crippen LogP contribution in [-0.2, 0) is 16.0 Å². The summed E-state index contributed by atoms with van der Waals surface area (Å²) in [5, 5.41) is 7.50. The van der Waals surface area contributed by atoms with Crippen molar-refractivity contribution in [3.63, 3.8) is 0 Å². The van der Waals surface area contributed by atoms with Crippen molar-refractivity contribution in [3.05, 3.63) is 18.0 Å². The van der Waals surface area contributed by atoms with Gasteiger partial charge in [-0.3, -0.25) is 9.89 Å². The zero-order valence-electron chi connectivity index (χ0n) is 15.2. The Balaban J connectivity index is 1.47. The van der Waals surface area contributed by atoms with Gasteiger partial charge in [0.15, 0.2) is 5.96 Å². The third kappa shape index (κ3) is 4.71. The first-order valence-electron chi connectivity index (χ1n) is 8.95. The third-order valence-electron chi connectivity index (χ3n) is 5.17. The Morgan fingerprint density at radius 1 is 1.32 bits per heavy atom. The first-order valence-corrected chi connectivity index (χ1v) is 8.95. The van der Waals surface area contributed by atoms with Crippen molar-refractivity contribution < 1.29 is 14.0 Å². The molecule has 3 heterocycles. The highest BCUT2D eigenvalue weighted by Gasteiger charge is 2.33. The van der Waals surface area contributed by atoms with Crippen LogP contribution in [0.5, 0.6) is 0 Å². The second-order valence-corrected chi connectivity index (χ2v) is 6.65. The fourth-order valence-electron chi connectivity index (χ4n) is 3.43. The van der Waals surface area contributed by atoms with Gasteiger partial charge < -0.3 is 24.2 Å². The van der Waals surface area contributed by atoms with Crippen LogP contribution >= 0.6 is 0 Å². The summed E-state index contributed by atoms with van der Waals surface area (Å²) in [6, 6.07) is 1.92. The number of aliphatic imine (C=N–C) groups is 1. The van der Waals surface area contributed by atoms with Crippen molar-refractivity contribution in [2.24, 2.45) is 4.99 Å². The molecule has 0 unspecified atom stereocenters. The maximum atomic E-state index is 5.80. The van der Waals surface area contributed by atoms with Gasteiger partial charge in [-0.05, 0) is 0 Å². The van der Waals surface area contributed by atoms with Gasteiger partial charge in [0.1, 0.15) is 6.26 Å². The minimum absolute atomic E-state index is 0.150. The number of hydrogen-bond acceptors (Lipinski definition) is 6. The van der Waals surface area contributed by atoms with Gasteiger partial charge in [0.2, 0.25) is 0 Å². The standard InChI is InChI=1S/C17H29N5O3/c1-18-16(19-14-17(23-2)4-11-24-12-5-17)22-8-6-21(7-9-22)13-15-3-10-25-20-15/h3,10H,4-9,11-14H2,1-2H3,(H,18,19). The molecule has 8 nitrogen and oxygen atoms in total. The Labute approximate surface area is 149 Å². The Morgan fingerprint density at radius 2 is 2.08 bits per heavy atom. The average Bonchev–Trinajstić information content (AvgIpc) is 3.17. The lowest BCUT2D eigenvalue weighted by Gasteiger charge is -2.39. The maximum absolute atomic E-state index is 5.80. The normalized spacial score (nSPS) is 22.2. The summed E-state index contributed by atoms with van der Waals surface area (Å²) < 4.78 is 16.2. The van der Waals surface area contributed by atoms with Crippen molar-refractivity contribution in [2.75, 3.05) is 60.1 Å². The van der Waals surface area contributed by atoms with Crippen LogP contribution in [0.1, 0.15) is 18.5 Å². The summed E-state index contributed by atoms with van der Waals surface area (Å²) in [6.45, 7) is 6.97. The highest BCUT2D eigenvalue weighted by molar-refractivity contribution is 5.80. The van der Waals surface area contributed by atoms with E-state index in [2.05, 4.69) is 25.3 Å². The average molecular weight is 351 g/mol. The second kappa shape index (κ2) is 8.64. The van der Waals surface area contributed by atoms with E-state index in [0.29, 0.717) is 0 Å². The smallest absolute Gasteiger partial charge is 0.193 e. The van der Waals surface area contributed by atoms with E-state index in [-0.39, 0.29) is 5.60 Å². The predicted octanol–water partition coefficient (Wildman–Crippen LogP) is 0.563. The molecule has 0 amide bonds. The number of ether oxygens (including phenoxy) is 2. The first kappa shape index (κ1) is 18.2. The van der Waals surface area contributed by atoms with Crippen LogP contribution in [0.2, 0.25) is 0 Å². The molecule has 0 bridgehead atoms. The Hall–Kier alpha value is -1.64. The molecule has 2 fully saturated rings. The molecule has 25 heavy (non-hydrogen) atoms. The molecule has 0 radical (unpaired) electrons. The number of nitrogens with one attached hydrogen (secondary N) is 1. The van der Waals surface area contributed by atoms with Crippen LogP contribution in [0.3, 0.4) is 0 Å². The zero-order chi connectivity index (χ0) is 17.5. The zero-order valence-corrected chi connectivity index (χ0v) is 15.2. The van der Waals surface area contributed by atoms with Gasteiger partial charge in [0.05, 0.1) is 11.3 Å². The fourth-order valence-corrected chi connectivity index (χ4v) is 3.43. The molecule has 0 spiro atoms. The van der Waals surface area contributed by atoms with Gasteiger partial charge in [-0.2, -0.15) is 0 Å². The largest absolute Gasteiger partial charge is 0.381 e. The number of rotatable bonds is 5. The Kier molecular flexibility index (Phi) is 6.28. The minimum Gasteiger partial charge on any atom is -0.381 e. The van der Waals surface area contributed by atoms with E-state index in [1.54, 1.807) is 13.4 Å². The van der Waals surface area contributed by atoms with Crippen LogP contribution < -0.4 is 5.32 Å². The number of hydrogen-bond donors (Lipinski definition) is 1. The van der Waals surface area contributed by atoms with Crippen LogP contribution in [0, 0.1) is 0 Å². The molecule has 1 aromatic heterocycles. The Morgan fingerprint density at radius 3 is 2.68 bits per heavy atom. The monoisotopic (exact) mass is 351 g/mol.